The van der Waals surface area contributed by atoms with E-state index in [1.165, 1.54) is 36.4 Å². The van der Waals surface area contributed by atoms with Crippen molar-refractivity contribution in [1.82, 2.24) is 49.6 Å². The Morgan fingerprint density at radius 1 is 0.402 bits per heavy atom. The van der Waals surface area contributed by atoms with Crippen molar-refractivity contribution < 1.29 is 293 Å². The minimum atomic E-state index is -1.06. The maximum Gasteiger partial charge on any atom is 0.317 e. The van der Waals surface area contributed by atoms with Crippen molar-refractivity contribution in [1.29, 1.82) is 0 Å². The van der Waals surface area contributed by atoms with Crippen LogP contribution in [-0.2, 0) is 254 Å². The van der Waals surface area contributed by atoms with Crippen molar-refractivity contribution in [3.63, 3.8) is 0 Å². The normalized spacial score (nSPS) is 10.3. The van der Waals surface area contributed by atoms with Crippen LogP contribution in [-0.4, -0.2) is 259 Å². The van der Waals surface area contributed by atoms with E-state index in [-0.39, 0.29) is 357 Å². The van der Waals surface area contributed by atoms with Gasteiger partial charge in [-0.05, 0) is 38.8 Å². The van der Waals surface area contributed by atoms with Crippen molar-refractivity contribution in [2.45, 2.75) is 91.9 Å². The van der Waals surface area contributed by atoms with Crippen molar-refractivity contribution in [3.8, 4) is 0 Å². The van der Waals surface area contributed by atoms with Crippen LogP contribution in [0.25, 0.3) is 0 Å². The summed E-state index contributed by atoms with van der Waals surface area (Å²) in [5.74, 6) is -2.86. The van der Waals surface area contributed by atoms with Gasteiger partial charge < -0.3 is 113 Å². The van der Waals surface area contributed by atoms with Gasteiger partial charge >= 0.3 is 11.9 Å². The molecule has 600 valence electrons. The zero-order valence-electron chi connectivity index (χ0n) is 61.1. The molecule has 3 heterocycles. The molecule has 1 aliphatic rings. The Morgan fingerprint density at radius 3 is 1.00 bits per heavy atom. The van der Waals surface area contributed by atoms with Crippen LogP contribution in [0.3, 0.4) is 0 Å². The third kappa shape index (κ3) is 65.4. The number of carboxylic acids is 2. The number of hydrogen-bond donors (Lipinski definition) is 2. The van der Waals surface area contributed by atoms with Crippen LogP contribution in [0.15, 0.2) is 48.8 Å². The number of piperazine rings is 1. The first-order valence-electron chi connectivity index (χ1n) is 31.4. The molecule has 0 aliphatic carbocycles. The van der Waals surface area contributed by atoms with E-state index < -0.39 is 17.7 Å². The van der Waals surface area contributed by atoms with Gasteiger partial charge in [0.25, 0.3) is 0 Å². The summed E-state index contributed by atoms with van der Waals surface area (Å²) in [6.07, 6.45) is 6.71. The topological polar surface area (TPSA) is 360 Å². The molecule has 0 radical (unpaired) electrons. The van der Waals surface area contributed by atoms with E-state index in [1.54, 1.807) is 50.8 Å². The van der Waals surface area contributed by atoms with Gasteiger partial charge in [0.2, 0.25) is 0 Å². The smallest absolute Gasteiger partial charge is 0.317 e. The van der Waals surface area contributed by atoms with Gasteiger partial charge in [-0.3, -0.25) is 67.3 Å². The van der Waals surface area contributed by atoms with Crippen LogP contribution in [0.4, 0.5) is 0 Å². The van der Waals surface area contributed by atoms with Gasteiger partial charge in [-0.25, -0.2) is 9.97 Å². The summed E-state index contributed by atoms with van der Waals surface area (Å²) in [7, 11) is 0. The van der Waals surface area contributed by atoms with Crippen molar-refractivity contribution in [2.24, 2.45) is 0 Å². The molecule has 0 bridgehead atoms. The number of carbonyl (C=O) groups excluding carboxylic acids is 12. The first-order chi connectivity index (χ1) is 45.9. The second kappa shape index (κ2) is 81.0. The molecular weight excluding hydrogens is 3090 g/mol. The van der Waals surface area contributed by atoms with Crippen molar-refractivity contribution in [2.75, 3.05) is 118 Å². The zero-order valence-corrected chi connectivity index (χ0v) is 90.4. The maximum atomic E-state index is 11.5. The SMILES string of the molecule is [CH2-]C(=O)CN(CCN(CC([CH2-])=O)CC(=O)O)CC(C)=O.[CH2-]CC(=O)N1CCN(C(=O)C[CH2-])CC1.[CH2-]CC(=O)c1ccc(C(=O)CCC)cc1.[CH2-]CC(=O)c1ccc(C(=O)C[CH2-])nn1.[CH2-]CC(=O)c1ncc(C(=O)CCC)cn1.[CH2-]CN(CCOCCN(C[CH2-])CC(=O)O)CC(C)=O.[W].[W].[W].[W].[W].[W].[W].[W].[W].[W]. The van der Waals surface area contributed by atoms with Crippen LogP contribution < -0.4 is 0 Å². The number of nitrogens with zero attached hydrogens (tertiary/aromatic N) is 10. The number of ether oxygens (including phenoxy) is 1. The molecule has 37 heteroatoms. The van der Waals surface area contributed by atoms with Gasteiger partial charge in [0, 0.05) is 324 Å². The van der Waals surface area contributed by atoms with Gasteiger partial charge in [-0.1, -0.05) is 38.1 Å². The summed E-state index contributed by atoms with van der Waals surface area (Å²) in [5, 5.41) is 24.7. The molecule has 4 rings (SSSR count). The minimum absolute atomic E-state index is 0. The van der Waals surface area contributed by atoms with E-state index in [4.69, 9.17) is 14.9 Å². The molecule has 2 aromatic heterocycles. The second-order valence-electron chi connectivity index (χ2n) is 21.3. The number of carboxylic acid groups (broad SMARTS) is 2. The molecule has 27 nitrogen and oxygen atoms in total. The van der Waals surface area contributed by atoms with Crippen LogP contribution in [0.2, 0.25) is 0 Å². The molecule has 2 N–H and O–H groups in total. The number of hydrogen-bond acceptors (Lipinski definition) is 23. The van der Waals surface area contributed by atoms with E-state index in [0.29, 0.717) is 121 Å². The fourth-order valence-corrected chi connectivity index (χ4v) is 8.12. The van der Waals surface area contributed by atoms with E-state index in [1.807, 2.05) is 18.7 Å². The molecule has 3 aromatic rings. The van der Waals surface area contributed by atoms with Crippen LogP contribution in [0.5, 0.6) is 0 Å². The first-order valence-corrected chi connectivity index (χ1v) is 31.4. The molecule has 1 aromatic carbocycles. The van der Waals surface area contributed by atoms with E-state index in [0.717, 1.165) is 12.8 Å². The molecule has 107 heavy (non-hydrogen) atoms. The standard InChI is InChI=1S/C13H20N2O5.C13H24N2O4.C13H15O2.C11H13N2O2.C10H16N2O2.C10H10N2O2.10W/c1-10(16)6-14(7-11(2)17)4-5-15(8-12(3)18)9-13(19)20;1-4-14(10-12(3)16)6-8-19-9-7-15(5-2)11-13(17)18;1-3-5-13(15)11-8-6-10(7-9-11)12(14)4-2;1-3-5-10(15)8-6-12-11(13-7-8)9(14)4-2;1-3-9(13)11-5-7-12(8-6-11)10(14)4-2;1-3-9(13)7-5-6-8(12-11-7)10(14)4-2;;;;;;;;;;/h1,3-9H2,2H3,(H,19,20);1-2,4-11H2,3H3,(H,17,18);6-9H,2-5H2,1H3;6-7H,2-5H2,1H3;1-8H2;5-6H,1-4H2;;;;;;;;;;/q2*-2;2*-1;2*-2;;;;;;;;;;. The van der Waals surface area contributed by atoms with E-state index >= 15 is 0 Å². The fourth-order valence-electron chi connectivity index (χ4n) is 8.12. The monoisotopic (exact) mass is 3190 g/mol. The van der Waals surface area contributed by atoms with Gasteiger partial charge in [-0.15, -0.1) is 61.8 Å². The molecule has 0 spiro atoms. The Kier molecular flexibility index (Phi) is 99.6. The molecule has 0 unspecified atom stereocenters. The predicted molar refractivity (Wildman–Crippen MR) is 364 cm³/mol. The minimum Gasteiger partial charge on any atom is -0.480 e. The molecule has 1 fully saturated rings. The third-order valence-electron chi connectivity index (χ3n) is 13.1. The number of carbonyl (C=O) groups is 14. The largest absolute Gasteiger partial charge is 0.480 e. The quantitative estimate of drug-likeness (QED) is 0.0414. The van der Waals surface area contributed by atoms with Gasteiger partial charge in [0.05, 0.1) is 45.0 Å². The summed E-state index contributed by atoms with van der Waals surface area (Å²) >= 11 is 0. The van der Waals surface area contributed by atoms with Crippen molar-refractivity contribution >= 4 is 81.6 Å². The molecule has 0 saturated carbocycles. The number of aliphatic carboxylic acids is 2. The van der Waals surface area contributed by atoms with Gasteiger partial charge in [0.15, 0.2) is 46.6 Å². The number of Topliss-reactive ketones (excluding diaryl/α,β-unsaturated/α-hetero) is 10. The molecular formula is C70H98N10O17W10-10. The molecule has 2 amide bonds. The average molecular weight is 3190 g/mol. The van der Waals surface area contributed by atoms with Crippen LogP contribution >= 0.6 is 0 Å². The van der Waals surface area contributed by atoms with Crippen LogP contribution in [0.1, 0.15) is 155 Å². The first kappa shape index (κ1) is 132. The zero-order chi connectivity index (χ0) is 74.0. The summed E-state index contributed by atoms with van der Waals surface area (Å²) in [6, 6.07) is 9.75. The van der Waals surface area contributed by atoms with Crippen molar-refractivity contribution in [3.05, 3.63) is 152 Å². The maximum absolute atomic E-state index is 11.5. The summed E-state index contributed by atoms with van der Waals surface area (Å²) < 4.78 is 5.42. The number of ketones is 10. The summed E-state index contributed by atoms with van der Waals surface area (Å²) in [6.45, 7) is 47.9. The predicted octanol–water partition coefficient (Wildman–Crippen LogP) is 5.33. The third-order valence-corrected chi connectivity index (χ3v) is 13.1. The van der Waals surface area contributed by atoms with Gasteiger partial charge in [0.1, 0.15) is 28.7 Å². The Morgan fingerprint density at radius 2 is 0.710 bits per heavy atom. The van der Waals surface area contributed by atoms with E-state index in [9.17, 15) is 67.1 Å². The average Bonchev–Trinajstić information content (AvgIpc) is 0.871. The second-order valence-corrected chi connectivity index (χ2v) is 21.3. The summed E-state index contributed by atoms with van der Waals surface area (Å²) in [4.78, 5) is 173. The summed E-state index contributed by atoms with van der Waals surface area (Å²) in [5.41, 5.74) is 2.23. The Hall–Kier alpha value is -1.62. The molecule has 1 aliphatic heterocycles. The number of rotatable bonds is 39. The molecule has 0 atom stereocenters. The van der Waals surface area contributed by atoms with Crippen LogP contribution in [0, 0.1) is 69.2 Å². The fraction of sp³-hybridized carbons (Fsp3) is 0.457. The Balaban J connectivity index is -0.0000000998. The van der Waals surface area contributed by atoms with Gasteiger partial charge in [-0.2, -0.15) is 0 Å². The Bertz CT molecular complexity index is 2760. The molecule has 1 saturated heterocycles. The number of aromatic nitrogens is 4. The number of amides is 2. The number of benzene rings is 1. The Labute approximate surface area is 776 Å². The van der Waals surface area contributed by atoms with E-state index in [2.05, 4.69) is 89.4 Å².